The lowest BCUT2D eigenvalue weighted by Crippen LogP contribution is -2.46. The summed E-state index contributed by atoms with van der Waals surface area (Å²) in [7, 11) is 0. The van der Waals surface area contributed by atoms with Gasteiger partial charge in [0.2, 0.25) is 5.91 Å². The molecule has 1 rings (SSSR count). The van der Waals surface area contributed by atoms with Gasteiger partial charge in [0, 0.05) is 18.8 Å². The van der Waals surface area contributed by atoms with E-state index in [9.17, 15) is 4.79 Å². The first-order valence-electron chi connectivity index (χ1n) is 6.22. The zero-order valence-electron chi connectivity index (χ0n) is 10.3. The van der Waals surface area contributed by atoms with E-state index in [4.69, 9.17) is 5.73 Å². The number of thioether (sulfide) groups is 1. The Hall–Kier alpha value is -0.220. The molecule has 0 spiro atoms. The van der Waals surface area contributed by atoms with Crippen LogP contribution in [-0.2, 0) is 4.79 Å². The van der Waals surface area contributed by atoms with E-state index in [0.717, 1.165) is 38.0 Å². The molecule has 16 heavy (non-hydrogen) atoms. The van der Waals surface area contributed by atoms with Crippen molar-refractivity contribution in [3.05, 3.63) is 0 Å². The van der Waals surface area contributed by atoms with Gasteiger partial charge in [0.15, 0.2) is 0 Å². The van der Waals surface area contributed by atoms with Gasteiger partial charge in [0.25, 0.3) is 0 Å². The zero-order chi connectivity index (χ0) is 11.9. The standard InChI is InChI=1S/C12H24N2OS/c1-16-9-8-14-11(15)12(10-13)6-4-2-3-5-7-12/h2-10,13H2,1H3,(H,14,15). The Kier molecular flexibility index (Phi) is 6.21. The molecule has 4 heteroatoms. The highest BCUT2D eigenvalue weighted by Crippen LogP contribution is 2.34. The number of hydrogen-bond acceptors (Lipinski definition) is 3. The molecule has 0 aromatic rings. The van der Waals surface area contributed by atoms with Crippen LogP contribution in [0.2, 0.25) is 0 Å². The van der Waals surface area contributed by atoms with Crippen LogP contribution in [0.3, 0.4) is 0 Å². The monoisotopic (exact) mass is 244 g/mol. The molecule has 0 atom stereocenters. The van der Waals surface area contributed by atoms with Crippen LogP contribution in [0, 0.1) is 5.41 Å². The molecule has 0 bridgehead atoms. The summed E-state index contributed by atoms with van der Waals surface area (Å²) in [6.45, 7) is 1.26. The van der Waals surface area contributed by atoms with Crippen molar-refractivity contribution in [3.8, 4) is 0 Å². The third kappa shape index (κ3) is 3.67. The molecule has 0 heterocycles. The first kappa shape index (κ1) is 13.8. The Morgan fingerprint density at radius 3 is 2.44 bits per heavy atom. The van der Waals surface area contributed by atoms with E-state index in [1.165, 1.54) is 12.8 Å². The molecule has 1 aliphatic carbocycles. The molecule has 0 aromatic heterocycles. The number of nitrogens with one attached hydrogen (secondary N) is 1. The maximum atomic E-state index is 12.2. The molecule has 0 saturated heterocycles. The maximum Gasteiger partial charge on any atom is 0.227 e. The van der Waals surface area contributed by atoms with Gasteiger partial charge < -0.3 is 11.1 Å². The molecule has 1 fully saturated rings. The lowest BCUT2D eigenvalue weighted by Gasteiger charge is -2.29. The van der Waals surface area contributed by atoms with Gasteiger partial charge in [-0.05, 0) is 19.1 Å². The van der Waals surface area contributed by atoms with E-state index in [1.807, 2.05) is 0 Å². The van der Waals surface area contributed by atoms with Gasteiger partial charge in [-0.15, -0.1) is 0 Å². The highest BCUT2D eigenvalue weighted by molar-refractivity contribution is 7.98. The number of hydrogen-bond donors (Lipinski definition) is 2. The highest BCUT2D eigenvalue weighted by atomic mass is 32.2. The minimum absolute atomic E-state index is 0.186. The summed E-state index contributed by atoms with van der Waals surface area (Å²) < 4.78 is 0. The second-order valence-electron chi connectivity index (χ2n) is 4.65. The average Bonchev–Trinajstić information content (AvgIpc) is 2.55. The van der Waals surface area contributed by atoms with Crippen molar-refractivity contribution in [2.75, 3.05) is 25.1 Å². The van der Waals surface area contributed by atoms with Crippen molar-refractivity contribution in [1.82, 2.24) is 5.32 Å². The summed E-state index contributed by atoms with van der Waals surface area (Å²) >= 11 is 1.75. The molecule has 0 radical (unpaired) electrons. The normalized spacial score (nSPS) is 20.1. The summed E-state index contributed by atoms with van der Waals surface area (Å²) in [5.74, 6) is 1.16. The van der Waals surface area contributed by atoms with Crippen LogP contribution in [0.5, 0.6) is 0 Å². The zero-order valence-corrected chi connectivity index (χ0v) is 11.1. The van der Waals surface area contributed by atoms with Crippen LogP contribution < -0.4 is 11.1 Å². The van der Waals surface area contributed by atoms with Crippen LogP contribution in [-0.4, -0.2) is 31.0 Å². The van der Waals surface area contributed by atoms with E-state index in [1.54, 1.807) is 11.8 Å². The Balaban J connectivity index is 2.51. The first-order valence-corrected chi connectivity index (χ1v) is 7.62. The van der Waals surface area contributed by atoms with Gasteiger partial charge in [0.1, 0.15) is 0 Å². The number of carbonyl (C=O) groups excluding carboxylic acids is 1. The largest absolute Gasteiger partial charge is 0.355 e. The van der Waals surface area contributed by atoms with E-state index in [-0.39, 0.29) is 11.3 Å². The van der Waals surface area contributed by atoms with Crippen LogP contribution in [0.25, 0.3) is 0 Å². The van der Waals surface area contributed by atoms with Crippen molar-refractivity contribution < 1.29 is 4.79 Å². The fourth-order valence-corrected chi connectivity index (χ4v) is 2.69. The van der Waals surface area contributed by atoms with Crippen LogP contribution in [0.4, 0.5) is 0 Å². The highest BCUT2D eigenvalue weighted by Gasteiger charge is 2.36. The number of rotatable bonds is 5. The van der Waals surface area contributed by atoms with Gasteiger partial charge in [-0.2, -0.15) is 11.8 Å². The average molecular weight is 244 g/mol. The lowest BCUT2D eigenvalue weighted by atomic mass is 9.79. The molecule has 1 aliphatic rings. The smallest absolute Gasteiger partial charge is 0.227 e. The quantitative estimate of drug-likeness (QED) is 0.572. The minimum Gasteiger partial charge on any atom is -0.355 e. The predicted molar refractivity (Wildman–Crippen MR) is 70.6 cm³/mol. The molecule has 3 nitrogen and oxygen atoms in total. The van der Waals surface area contributed by atoms with E-state index >= 15 is 0 Å². The van der Waals surface area contributed by atoms with Gasteiger partial charge in [-0.3, -0.25) is 4.79 Å². The Morgan fingerprint density at radius 2 is 1.94 bits per heavy atom. The topological polar surface area (TPSA) is 55.1 Å². The molecule has 0 aromatic carbocycles. The molecule has 0 aliphatic heterocycles. The molecular formula is C12H24N2OS. The van der Waals surface area contributed by atoms with Gasteiger partial charge in [-0.25, -0.2) is 0 Å². The maximum absolute atomic E-state index is 12.2. The van der Waals surface area contributed by atoms with Crippen molar-refractivity contribution in [3.63, 3.8) is 0 Å². The molecule has 3 N–H and O–H groups in total. The van der Waals surface area contributed by atoms with Gasteiger partial charge >= 0.3 is 0 Å². The molecule has 1 amide bonds. The van der Waals surface area contributed by atoms with Gasteiger partial charge in [-0.1, -0.05) is 25.7 Å². The SMILES string of the molecule is CSCCNC(=O)C1(CN)CCCCCC1. The van der Waals surface area contributed by atoms with Gasteiger partial charge in [0.05, 0.1) is 5.41 Å². The number of amides is 1. The molecule has 94 valence electrons. The van der Waals surface area contributed by atoms with Crippen molar-refractivity contribution in [2.24, 2.45) is 11.1 Å². The predicted octanol–water partition coefficient (Wildman–Crippen LogP) is 1.76. The lowest BCUT2D eigenvalue weighted by molar-refractivity contribution is -0.131. The van der Waals surface area contributed by atoms with Crippen molar-refractivity contribution in [1.29, 1.82) is 0 Å². The minimum atomic E-state index is -0.269. The first-order chi connectivity index (χ1) is 7.75. The van der Waals surface area contributed by atoms with Crippen molar-refractivity contribution >= 4 is 17.7 Å². The molecular weight excluding hydrogens is 220 g/mol. The van der Waals surface area contributed by atoms with E-state index < -0.39 is 0 Å². The summed E-state index contributed by atoms with van der Waals surface area (Å²) in [6.07, 6.45) is 8.78. The second kappa shape index (κ2) is 7.17. The fraction of sp³-hybridized carbons (Fsp3) is 0.917. The van der Waals surface area contributed by atoms with Crippen LogP contribution in [0.1, 0.15) is 38.5 Å². The Morgan fingerprint density at radius 1 is 1.31 bits per heavy atom. The summed E-state index contributed by atoms with van der Waals surface area (Å²) in [5, 5.41) is 3.03. The third-order valence-corrected chi connectivity index (χ3v) is 4.14. The summed E-state index contributed by atoms with van der Waals surface area (Å²) in [6, 6.07) is 0. The fourth-order valence-electron chi connectivity index (χ4n) is 2.38. The number of carbonyl (C=O) groups is 1. The molecule has 1 saturated carbocycles. The number of nitrogens with two attached hydrogens (primary N) is 1. The van der Waals surface area contributed by atoms with E-state index in [2.05, 4.69) is 11.6 Å². The van der Waals surface area contributed by atoms with E-state index in [0.29, 0.717) is 6.54 Å². The van der Waals surface area contributed by atoms with Crippen LogP contribution >= 0.6 is 11.8 Å². The Labute approximate surface area is 103 Å². The second-order valence-corrected chi connectivity index (χ2v) is 5.63. The summed E-state index contributed by atoms with van der Waals surface area (Å²) in [5.41, 5.74) is 5.58. The van der Waals surface area contributed by atoms with Crippen molar-refractivity contribution in [2.45, 2.75) is 38.5 Å². The molecule has 0 unspecified atom stereocenters. The summed E-state index contributed by atoms with van der Waals surface area (Å²) in [4.78, 5) is 12.2. The Bertz CT molecular complexity index is 213. The van der Waals surface area contributed by atoms with Crippen LogP contribution in [0.15, 0.2) is 0 Å². The third-order valence-electron chi connectivity index (χ3n) is 3.52.